The monoisotopic (exact) mass is 356 g/mol. The molecular weight excluding hydrogens is 340 g/mol. The highest BCUT2D eigenvalue weighted by Crippen LogP contribution is 2.28. The van der Waals surface area contributed by atoms with Crippen LogP contribution in [0.15, 0.2) is 53.8 Å². The summed E-state index contributed by atoms with van der Waals surface area (Å²) in [4.78, 5) is 34.7. The van der Waals surface area contributed by atoms with E-state index in [1.54, 1.807) is 18.2 Å². The van der Waals surface area contributed by atoms with E-state index in [9.17, 15) is 19.6 Å². The number of methoxy groups -OCH3 is 2. The van der Waals surface area contributed by atoms with E-state index in [0.29, 0.717) is 22.1 Å². The number of carboxylic acids is 1. The third-order valence-electron chi connectivity index (χ3n) is 3.48. The standard InChI is InChI=1S/C18H16N2O6/c1-25-15-9-7-12(11-16(15)26-2)8-10-17(21)20(19-24)14-6-4-3-5-13(14)18(22)23/h3-11H,1-2H3,(H,22,23). The average molecular weight is 356 g/mol. The number of amides is 1. The highest BCUT2D eigenvalue weighted by molar-refractivity contribution is 6.07. The molecule has 26 heavy (non-hydrogen) atoms. The largest absolute Gasteiger partial charge is 0.493 e. The van der Waals surface area contributed by atoms with Crippen molar-refractivity contribution in [3.63, 3.8) is 0 Å². The quantitative estimate of drug-likeness (QED) is 0.464. The molecule has 2 aromatic rings. The zero-order valence-electron chi connectivity index (χ0n) is 14.1. The maximum absolute atomic E-state index is 12.3. The summed E-state index contributed by atoms with van der Waals surface area (Å²) in [6.45, 7) is 0. The van der Waals surface area contributed by atoms with E-state index in [-0.39, 0.29) is 11.3 Å². The first kappa shape index (κ1) is 18.7. The average Bonchev–Trinajstić information content (AvgIpc) is 2.66. The maximum atomic E-state index is 12.3. The molecule has 8 heteroatoms. The van der Waals surface area contributed by atoms with E-state index in [4.69, 9.17) is 9.47 Å². The van der Waals surface area contributed by atoms with Crippen molar-refractivity contribution in [2.24, 2.45) is 5.29 Å². The number of anilines is 1. The summed E-state index contributed by atoms with van der Waals surface area (Å²) in [6, 6.07) is 10.6. The second kappa shape index (κ2) is 8.43. The molecule has 0 atom stereocenters. The van der Waals surface area contributed by atoms with Crippen LogP contribution < -0.4 is 14.5 Å². The summed E-state index contributed by atoms with van der Waals surface area (Å²) in [5, 5.41) is 12.3. The number of hydrogen-bond donors (Lipinski definition) is 1. The fourth-order valence-corrected chi connectivity index (χ4v) is 2.24. The highest BCUT2D eigenvalue weighted by atomic mass is 16.5. The van der Waals surface area contributed by atoms with Crippen molar-refractivity contribution in [3.05, 3.63) is 64.6 Å². The lowest BCUT2D eigenvalue weighted by Gasteiger charge is -2.13. The summed E-state index contributed by atoms with van der Waals surface area (Å²) in [5.41, 5.74) is 0.297. The van der Waals surface area contributed by atoms with E-state index >= 15 is 0 Å². The number of para-hydroxylation sites is 1. The third-order valence-corrected chi connectivity index (χ3v) is 3.48. The Labute approximate surface area is 149 Å². The molecule has 0 fully saturated rings. The third kappa shape index (κ3) is 4.04. The van der Waals surface area contributed by atoms with Gasteiger partial charge in [0.25, 0.3) is 5.91 Å². The number of nitroso groups, excluding NO2 is 1. The zero-order valence-corrected chi connectivity index (χ0v) is 14.1. The molecule has 0 saturated carbocycles. The van der Waals surface area contributed by atoms with Gasteiger partial charge in [-0.15, -0.1) is 4.91 Å². The molecule has 0 aliphatic rings. The first-order chi connectivity index (χ1) is 12.5. The lowest BCUT2D eigenvalue weighted by Crippen LogP contribution is -2.24. The number of carboxylic acid groups (broad SMARTS) is 1. The zero-order chi connectivity index (χ0) is 19.1. The van der Waals surface area contributed by atoms with E-state index < -0.39 is 11.9 Å². The Hall–Kier alpha value is -3.68. The van der Waals surface area contributed by atoms with Crippen molar-refractivity contribution in [2.45, 2.75) is 0 Å². The van der Waals surface area contributed by atoms with Crippen LogP contribution in [-0.2, 0) is 4.79 Å². The minimum atomic E-state index is -1.27. The predicted molar refractivity (Wildman–Crippen MR) is 95.3 cm³/mol. The van der Waals surface area contributed by atoms with Gasteiger partial charge in [-0.3, -0.25) is 4.79 Å². The number of carbonyl (C=O) groups is 2. The van der Waals surface area contributed by atoms with E-state index in [1.807, 2.05) is 0 Å². The predicted octanol–water partition coefficient (Wildman–Crippen LogP) is 3.13. The van der Waals surface area contributed by atoms with Crippen LogP contribution in [0.25, 0.3) is 6.08 Å². The van der Waals surface area contributed by atoms with Gasteiger partial charge < -0.3 is 14.6 Å². The fourth-order valence-electron chi connectivity index (χ4n) is 2.24. The molecule has 134 valence electrons. The number of nitrogens with zero attached hydrogens (tertiary/aromatic N) is 2. The Bertz CT molecular complexity index is 863. The Morgan fingerprint density at radius 1 is 1.08 bits per heavy atom. The summed E-state index contributed by atoms with van der Waals surface area (Å²) in [5.74, 6) is -1.05. The maximum Gasteiger partial charge on any atom is 0.337 e. The van der Waals surface area contributed by atoms with Crippen LogP contribution in [0.1, 0.15) is 15.9 Å². The molecule has 0 saturated heterocycles. The second-order valence-electron chi connectivity index (χ2n) is 5.00. The Balaban J connectivity index is 2.29. The first-order valence-corrected chi connectivity index (χ1v) is 7.41. The van der Waals surface area contributed by atoms with Crippen molar-refractivity contribution in [3.8, 4) is 11.5 Å². The molecule has 1 N–H and O–H groups in total. The molecule has 0 radical (unpaired) electrons. The number of hydrogen-bond acceptors (Lipinski definition) is 6. The summed E-state index contributed by atoms with van der Waals surface area (Å²) in [7, 11) is 2.99. The molecule has 1 amide bonds. The van der Waals surface area contributed by atoms with Crippen molar-refractivity contribution < 1.29 is 24.2 Å². The molecule has 8 nitrogen and oxygen atoms in total. The number of benzene rings is 2. The molecule has 0 aromatic heterocycles. The van der Waals surface area contributed by atoms with Gasteiger partial charge in [-0.25, -0.2) is 4.79 Å². The van der Waals surface area contributed by atoms with Gasteiger partial charge in [0.15, 0.2) is 11.5 Å². The van der Waals surface area contributed by atoms with Crippen molar-refractivity contribution in [2.75, 3.05) is 19.2 Å². The number of aromatic carboxylic acids is 1. The molecule has 0 aliphatic carbocycles. The smallest absolute Gasteiger partial charge is 0.337 e. The van der Waals surface area contributed by atoms with Crippen LogP contribution in [0, 0.1) is 4.91 Å². The Kier molecular flexibility index (Phi) is 6.05. The van der Waals surface area contributed by atoms with Crippen LogP contribution in [0.2, 0.25) is 0 Å². The SMILES string of the molecule is COc1ccc(C=CC(=O)N(N=O)c2ccccc2C(=O)O)cc1OC. The van der Waals surface area contributed by atoms with Gasteiger partial charge >= 0.3 is 5.97 Å². The topological polar surface area (TPSA) is 106 Å². The molecule has 0 heterocycles. The number of rotatable bonds is 7. The van der Waals surface area contributed by atoms with Crippen molar-refractivity contribution in [1.29, 1.82) is 0 Å². The lowest BCUT2D eigenvalue weighted by atomic mass is 10.1. The summed E-state index contributed by atoms with van der Waals surface area (Å²) < 4.78 is 10.3. The van der Waals surface area contributed by atoms with Crippen LogP contribution in [0.5, 0.6) is 11.5 Å². The molecule has 0 bridgehead atoms. The van der Waals surface area contributed by atoms with Gasteiger partial charge in [0.2, 0.25) is 0 Å². The number of ether oxygens (including phenoxy) is 2. The molecule has 0 spiro atoms. The van der Waals surface area contributed by atoms with Gasteiger partial charge in [0, 0.05) is 6.08 Å². The van der Waals surface area contributed by atoms with Gasteiger partial charge in [0.1, 0.15) is 0 Å². The van der Waals surface area contributed by atoms with Crippen LogP contribution >= 0.6 is 0 Å². The van der Waals surface area contributed by atoms with Crippen LogP contribution in [0.3, 0.4) is 0 Å². The molecule has 2 rings (SSSR count). The summed E-state index contributed by atoms with van der Waals surface area (Å²) in [6.07, 6.45) is 2.56. The van der Waals surface area contributed by atoms with Gasteiger partial charge in [-0.05, 0) is 35.9 Å². The van der Waals surface area contributed by atoms with E-state index in [1.165, 1.54) is 44.6 Å². The van der Waals surface area contributed by atoms with Gasteiger partial charge in [-0.2, -0.15) is 5.01 Å². The normalized spacial score (nSPS) is 10.4. The first-order valence-electron chi connectivity index (χ1n) is 7.41. The Morgan fingerprint density at radius 2 is 1.77 bits per heavy atom. The van der Waals surface area contributed by atoms with E-state index in [2.05, 4.69) is 5.29 Å². The molecule has 2 aromatic carbocycles. The van der Waals surface area contributed by atoms with Gasteiger partial charge in [-0.1, -0.05) is 18.2 Å². The summed E-state index contributed by atoms with van der Waals surface area (Å²) >= 11 is 0. The minimum Gasteiger partial charge on any atom is -0.493 e. The molecular formula is C18H16N2O6. The fraction of sp³-hybridized carbons (Fsp3) is 0.111. The molecule has 0 unspecified atom stereocenters. The lowest BCUT2D eigenvalue weighted by molar-refractivity contribution is -0.114. The van der Waals surface area contributed by atoms with Crippen LogP contribution in [0.4, 0.5) is 5.69 Å². The Morgan fingerprint density at radius 3 is 2.38 bits per heavy atom. The van der Waals surface area contributed by atoms with E-state index in [0.717, 1.165) is 6.08 Å². The van der Waals surface area contributed by atoms with Crippen LogP contribution in [-0.4, -0.2) is 31.2 Å². The highest BCUT2D eigenvalue weighted by Gasteiger charge is 2.20. The number of carbonyl (C=O) groups excluding carboxylic acids is 1. The van der Waals surface area contributed by atoms with Gasteiger partial charge in [0.05, 0.1) is 30.8 Å². The molecule has 0 aliphatic heterocycles. The minimum absolute atomic E-state index is 0.114. The van der Waals surface area contributed by atoms with Crippen molar-refractivity contribution in [1.82, 2.24) is 0 Å². The second-order valence-corrected chi connectivity index (χ2v) is 5.00. The van der Waals surface area contributed by atoms with Crippen molar-refractivity contribution >= 4 is 23.6 Å².